The van der Waals surface area contributed by atoms with Gasteiger partial charge in [0.15, 0.2) is 0 Å². The number of nitrogens with two attached hydrogens (primary N) is 1. The van der Waals surface area contributed by atoms with Crippen LogP contribution in [0.25, 0.3) is 0 Å². The molecule has 0 spiro atoms. The highest BCUT2D eigenvalue weighted by atomic mass is 35.5. The van der Waals surface area contributed by atoms with E-state index in [1.54, 1.807) is 24.2 Å². The van der Waals surface area contributed by atoms with Crippen LogP contribution >= 0.6 is 11.6 Å². The Labute approximate surface area is 101 Å². The van der Waals surface area contributed by atoms with Crippen LogP contribution in [0, 0.1) is 5.41 Å². The summed E-state index contributed by atoms with van der Waals surface area (Å²) in [4.78, 5) is 16.4. The lowest BCUT2D eigenvalue weighted by atomic mass is 9.93. The van der Waals surface area contributed by atoms with E-state index in [0.29, 0.717) is 23.8 Å². The fraction of sp³-hybridized carbons (Fsp3) is 0.545. The Morgan fingerprint density at radius 3 is 2.69 bits per heavy atom. The van der Waals surface area contributed by atoms with E-state index in [2.05, 4.69) is 4.98 Å². The Bertz CT molecular complexity index is 373. The van der Waals surface area contributed by atoms with Gasteiger partial charge in [0, 0.05) is 19.8 Å². The number of hydrogen-bond acceptors (Lipinski definition) is 2. The first-order valence-corrected chi connectivity index (χ1v) is 5.53. The van der Waals surface area contributed by atoms with Crippen molar-refractivity contribution in [1.82, 2.24) is 9.88 Å². The molecule has 0 unspecified atom stereocenters. The minimum absolute atomic E-state index is 0.0755. The summed E-state index contributed by atoms with van der Waals surface area (Å²) in [5, 5.41) is 0.537. The smallest absolute Gasteiger partial charge is 0.270 e. The summed E-state index contributed by atoms with van der Waals surface area (Å²) < 4.78 is 0. The van der Waals surface area contributed by atoms with E-state index in [1.807, 2.05) is 13.8 Å². The van der Waals surface area contributed by atoms with Gasteiger partial charge >= 0.3 is 0 Å². The predicted octanol–water partition coefficient (Wildman–Crippen LogP) is 1.72. The van der Waals surface area contributed by atoms with Crippen molar-refractivity contribution in [2.75, 3.05) is 20.1 Å². The van der Waals surface area contributed by atoms with Crippen molar-refractivity contribution in [3.05, 3.63) is 23.0 Å². The zero-order chi connectivity index (χ0) is 12.3. The molecule has 0 radical (unpaired) electrons. The molecule has 0 aliphatic rings. The molecule has 1 aromatic rings. The average molecular weight is 244 g/mol. The molecule has 0 aromatic carbocycles. The number of rotatable bonds is 4. The highest BCUT2D eigenvalue weighted by Crippen LogP contribution is 2.16. The first-order valence-electron chi connectivity index (χ1n) is 5.15. The van der Waals surface area contributed by atoms with Gasteiger partial charge in [0.2, 0.25) is 0 Å². The SMILES string of the molecule is CN(CC(C)(C)CN)C(=O)c1cc(Cl)c[nH]1. The lowest BCUT2D eigenvalue weighted by molar-refractivity contribution is 0.0735. The molecule has 1 aromatic heterocycles. The zero-order valence-corrected chi connectivity index (χ0v) is 10.6. The van der Waals surface area contributed by atoms with E-state index in [1.165, 1.54) is 0 Å². The van der Waals surface area contributed by atoms with Crippen molar-refractivity contribution >= 4 is 17.5 Å². The van der Waals surface area contributed by atoms with Gasteiger partial charge in [-0.05, 0) is 18.0 Å². The summed E-state index contributed by atoms with van der Waals surface area (Å²) in [7, 11) is 1.76. The summed E-state index contributed by atoms with van der Waals surface area (Å²) in [5.41, 5.74) is 6.05. The number of aromatic nitrogens is 1. The van der Waals surface area contributed by atoms with Gasteiger partial charge in [-0.1, -0.05) is 25.4 Å². The molecular weight excluding hydrogens is 226 g/mol. The van der Waals surface area contributed by atoms with Crippen LogP contribution in [0.3, 0.4) is 0 Å². The number of carbonyl (C=O) groups excluding carboxylic acids is 1. The molecule has 0 bridgehead atoms. The summed E-state index contributed by atoms with van der Waals surface area (Å²) in [6.07, 6.45) is 1.59. The topological polar surface area (TPSA) is 62.1 Å². The Morgan fingerprint density at radius 2 is 2.25 bits per heavy atom. The second-order valence-electron chi connectivity index (χ2n) is 4.76. The lowest BCUT2D eigenvalue weighted by Gasteiger charge is -2.28. The van der Waals surface area contributed by atoms with Gasteiger partial charge in [0.05, 0.1) is 5.02 Å². The monoisotopic (exact) mass is 243 g/mol. The molecule has 4 nitrogen and oxygen atoms in total. The van der Waals surface area contributed by atoms with E-state index in [-0.39, 0.29) is 11.3 Å². The Kier molecular flexibility index (Phi) is 3.99. The molecule has 0 atom stereocenters. The number of H-pyrrole nitrogens is 1. The zero-order valence-electron chi connectivity index (χ0n) is 9.88. The molecule has 16 heavy (non-hydrogen) atoms. The first kappa shape index (κ1) is 13.1. The van der Waals surface area contributed by atoms with Gasteiger partial charge in [-0.15, -0.1) is 0 Å². The maximum Gasteiger partial charge on any atom is 0.270 e. The number of nitrogens with one attached hydrogen (secondary N) is 1. The minimum atomic E-state index is -0.0825. The van der Waals surface area contributed by atoms with Gasteiger partial charge in [-0.2, -0.15) is 0 Å². The molecule has 0 fully saturated rings. The van der Waals surface area contributed by atoms with Crippen LogP contribution in [-0.2, 0) is 0 Å². The van der Waals surface area contributed by atoms with Gasteiger partial charge in [0.1, 0.15) is 5.69 Å². The number of aromatic amines is 1. The average Bonchev–Trinajstić information content (AvgIpc) is 2.63. The van der Waals surface area contributed by atoms with E-state index >= 15 is 0 Å². The van der Waals surface area contributed by atoms with Crippen LogP contribution in [-0.4, -0.2) is 35.9 Å². The molecule has 0 saturated carbocycles. The number of hydrogen-bond donors (Lipinski definition) is 2. The quantitative estimate of drug-likeness (QED) is 0.846. The molecule has 1 heterocycles. The van der Waals surface area contributed by atoms with Crippen LogP contribution in [0.2, 0.25) is 5.02 Å². The van der Waals surface area contributed by atoms with Crippen LogP contribution in [0.5, 0.6) is 0 Å². The second-order valence-corrected chi connectivity index (χ2v) is 5.20. The summed E-state index contributed by atoms with van der Waals surface area (Å²) in [6, 6.07) is 1.62. The highest BCUT2D eigenvalue weighted by molar-refractivity contribution is 6.30. The second kappa shape index (κ2) is 4.89. The van der Waals surface area contributed by atoms with Crippen molar-refractivity contribution in [2.45, 2.75) is 13.8 Å². The number of nitrogens with zero attached hydrogens (tertiary/aromatic N) is 1. The van der Waals surface area contributed by atoms with Crippen molar-refractivity contribution in [3.63, 3.8) is 0 Å². The van der Waals surface area contributed by atoms with E-state index < -0.39 is 0 Å². The fourth-order valence-corrected chi connectivity index (χ4v) is 1.64. The minimum Gasteiger partial charge on any atom is -0.356 e. The van der Waals surface area contributed by atoms with Gasteiger partial charge < -0.3 is 15.6 Å². The van der Waals surface area contributed by atoms with E-state index in [0.717, 1.165) is 0 Å². The standard InChI is InChI=1S/C11H18ClN3O/c1-11(2,6-13)7-15(3)10(16)9-4-8(12)5-14-9/h4-5,14H,6-7,13H2,1-3H3. The third-order valence-electron chi connectivity index (χ3n) is 2.44. The van der Waals surface area contributed by atoms with Crippen molar-refractivity contribution < 1.29 is 4.79 Å². The summed E-state index contributed by atoms with van der Waals surface area (Å²) in [5.74, 6) is -0.0755. The normalized spacial score (nSPS) is 11.6. The largest absolute Gasteiger partial charge is 0.356 e. The number of halogens is 1. The summed E-state index contributed by atoms with van der Waals surface area (Å²) >= 11 is 5.75. The number of amides is 1. The maximum atomic E-state index is 11.9. The van der Waals surface area contributed by atoms with Gasteiger partial charge in [-0.25, -0.2) is 0 Å². The van der Waals surface area contributed by atoms with Crippen LogP contribution in [0.4, 0.5) is 0 Å². The Hall–Kier alpha value is -1.00. The molecule has 1 rings (SSSR count). The molecule has 3 N–H and O–H groups in total. The third-order valence-corrected chi connectivity index (χ3v) is 2.66. The van der Waals surface area contributed by atoms with Crippen molar-refractivity contribution in [2.24, 2.45) is 11.1 Å². The van der Waals surface area contributed by atoms with Crippen molar-refractivity contribution in [3.8, 4) is 0 Å². The molecule has 5 heteroatoms. The van der Waals surface area contributed by atoms with Gasteiger partial charge in [-0.3, -0.25) is 4.79 Å². The molecule has 90 valence electrons. The van der Waals surface area contributed by atoms with Crippen LogP contribution in [0.1, 0.15) is 24.3 Å². The van der Waals surface area contributed by atoms with Crippen LogP contribution in [0.15, 0.2) is 12.3 Å². The lowest BCUT2D eigenvalue weighted by Crippen LogP contribution is -2.39. The molecular formula is C11H18ClN3O. The van der Waals surface area contributed by atoms with E-state index in [4.69, 9.17) is 17.3 Å². The maximum absolute atomic E-state index is 11.9. The molecule has 0 aliphatic heterocycles. The fourth-order valence-electron chi connectivity index (χ4n) is 1.48. The van der Waals surface area contributed by atoms with Crippen molar-refractivity contribution in [1.29, 1.82) is 0 Å². The van der Waals surface area contributed by atoms with Gasteiger partial charge in [0.25, 0.3) is 5.91 Å². The molecule has 0 aliphatic carbocycles. The number of carbonyl (C=O) groups is 1. The Balaban J connectivity index is 2.68. The predicted molar refractivity (Wildman–Crippen MR) is 65.6 cm³/mol. The van der Waals surface area contributed by atoms with E-state index in [9.17, 15) is 4.79 Å². The third kappa shape index (κ3) is 3.25. The van der Waals surface area contributed by atoms with Crippen LogP contribution < -0.4 is 5.73 Å². The molecule has 0 saturated heterocycles. The first-order chi connectivity index (χ1) is 7.35. The molecule has 1 amide bonds. The Morgan fingerprint density at radius 1 is 1.62 bits per heavy atom. The summed E-state index contributed by atoms with van der Waals surface area (Å²) in [6.45, 7) is 5.20. The highest BCUT2D eigenvalue weighted by Gasteiger charge is 2.22.